The number of urea groups is 1. The van der Waals surface area contributed by atoms with Gasteiger partial charge in [0.15, 0.2) is 0 Å². The third kappa shape index (κ3) is 3.68. The molecular formula is C17H13N3O7. The van der Waals surface area contributed by atoms with Crippen LogP contribution in [-0.4, -0.2) is 41.4 Å². The number of carbonyl (C=O) groups excluding carboxylic acids is 3. The van der Waals surface area contributed by atoms with Crippen LogP contribution in [0.3, 0.4) is 0 Å². The largest absolute Gasteiger partial charge is 0.468 e. The summed E-state index contributed by atoms with van der Waals surface area (Å²) in [5.74, 6) is -0.691. The van der Waals surface area contributed by atoms with E-state index in [2.05, 4.69) is 10.1 Å². The molecule has 1 aromatic carbocycles. The summed E-state index contributed by atoms with van der Waals surface area (Å²) in [4.78, 5) is 46.2. The first kappa shape index (κ1) is 17.9. The van der Waals surface area contributed by atoms with Crippen LogP contribution in [0.25, 0.3) is 17.4 Å². The molecule has 3 amide bonds. The quantitative estimate of drug-likeness (QED) is 0.279. The molecule has 138 valence electrons. The Kier molecular flexibility index (Phi) is 4.71. The van der Waals surface area contributed by atoms with Crippen molar-refractivity contribution in [2.75, 3.05) is 13.7 Å². The van der Waals surface area contributed by atoms with Crippen LogP contribution in [0, 0.1) is 10.1 Å². The third-order valence-corrected chi connectivity index (χ3v) is 3.75. The molecule has 1 fully saturated rings. The van der Waals surface area contributed by atoms with Gasteiger partial charge in [-0.05, 0) is 24.3 Å². The average molecular weight is 371 g/mol. The van der Waals surface area contributed by atoms with Crippen LogP contribution >= 0.6 is 0 Å². The van der Waals surface area contributed by atoms with Gasteiger partial charge in [-0.15, -0.1) is 0 Å². The first-order chi connectivity index (χ1) is 12.9. The number of hydrogen-bond acceptors (Lipinski definition) is 7. The van der Waals surface area contributed by atoms with E-state index >= 15 is 0 Å². The van der Waals surface area contributed by atoms with Crippen LogP contribution < -0.4 is 5.32 Å². The zero-order valence-electron chi connectivity index (χ0n) is 14.0. The van der Waals surface area contributed by atoms with Gasteiger partial charge in [-0.3, -0.25) is 19.7 Å². The molecule has 2 aromatic rings. The molecular weight excluding hydrogens is 358 g/mol. The molecule has 27 heavy (non-hydrogen) atoms. The first-order valence-electron chi connectivity index (χ1n) is 7.65. The van der Waals surface area contributed by atoms with E-state index in [4.69, 9.17) is 4.42 Å². The SMILES string of the molecule is COC(=O)CN1C(=O)N/C(=C\c2ccc(-c3ccc([N+](=O)[O-])cc3)o2)C1=O. The molecule has 0 atom stereocenters. The molecule has 1 aromatic heterocycles. The van der Waals surface area contributed by atoms with Crippen LogP contribution in [0.15, 0.2) is 46.5 Å². The van der Waals surface area contributed by atoms with Crippen LogP contribution in [0.5, 0.6) is 0 Å². The molecule has 1 aliphatic rings. The van der Waals surface area contributed by atoms with Crippen molar-refractivity contribution in [3.05, 3.63) is 58.0 Å². The normalized spacial score (nSPS) is 15.1. The van der Waals surface area contributed by atoms with Gasteiger partial charge in [0.1, 0.15) is 23.8 Å². The second-order valence-corrected chi connectivity index (χ2v) is 5.46. The molecule has 2 heterocycles. The highest BCUT2D eigenvalue weighted by Crippen LogP contribution is 2.26. The monoisotopic (exact) mass is 371 g/mol. The van der Waals surface area contributed by atoms with E-state index in [0.717, 1.165) is 12.0 Å². The second-order valence-electron chi connectivity index (χ2n) is 5.46. The molecule has 1 aliphatic heterocycles. The zero-order valence-corrected chi connectivity index (χ0v) is 14.0. The number of non-ortho nitro benzene ring substituents is 1. The summed E-state index contributed by atoms with van der Waals surface area (Å²) >= 11 is 0. The lowest BCUT2D eigenvalue weighted by Crippen LogP contribution is -2.36. The number of nitrogens with one attached hydrogen (secondary N) is 1. The first-order valence-corrected chi connectivity index (χ1v) is 7.65. The maximum Gasteiger partial charge on any atom is 0.329 e. The number of nitrogens with zero attached hydrogens (tertiary/aromatic N) is 2. The lowest BCUT2D eigenvalue weighted by atomic mass is 10.1. The summed E-state index contributed by atoms with van der Waals surface area (Å²) in [5.41, 5.74) is 0.519. The summed E-state index contributed by atoms with van der Waals surface area (Å²) in [7, 11) is 1.15. The van der Waals surface area contributed by atoms with Crippen molar-refractivity contribution in [2.24, 2.45) is 0 Å². The van der Waals surface area contributed by atoms with Gasteiger partial charge >= 0.3 is 12.0 Å². The van der Waals surface area contributed by atoms with E-state index in [-0.39, 0.29) is 17.1 Å². The van der Waals surface area contributed by atoms with Crippen molar-refractivity contribution in [1.29, 1.82) is 0 Å². The number of methoxy groups -OCH3 is 1. The Morgan fingerprint density at radius 2 is 1.96 bits per heavy atom. The Balaban J connectivity index is 1.78. The van der Waals surface area contributed by atoms with Gasteiger partial charge in [0, 0.05) is 23.8 Å². The highest BCUT2D eigenvalue weighted by Gasteiger charge is 2.35. The number of benzene rings is 1. The number of nitro benzene ring substituents is 1. The van der Waals surface area contributed by atoms with E-state index in [1.54, 1.807) is 12.1 Å². The molecule has 0 spiro atoms. The minimum absolute atomic E-state index is 0.0439. The molecule has 0 saturated carbocycles. The number of hydrogen-bond donors (Lipinski definition) is 1. The maximum atomic E-state index is 12.2. The fourth-order valence-electron chi connectivity index (χ4n) is 2.38. The number of rotatable bonds is 5. The molecule has 1 saturated heterocycles. The summed E-state index contributed by atoms with van der Waals surface area (Å²) in [6.07, 6.45) is 1.33. The predicted molar refractivity (Wildman–Crippen MR) is 91.0 cm³/mol. The number of esters is 1. The molecule has 10 heteroatoms. The van der Waals surface area contributed by atoms with Gasteiger partial charge in [-0.2, -0.15) is 0 Å². The molecule has 10 nitrogen and oxygen atoms in total. The highest BCUT2D eigenvalue weighted by atomic mass is 16.6. The van der Waals surface area contributed by atoms with Gasteiger partial charge in [-0.25, -0.2) is 9.69 Å². The number of imide groups is 1. The molecule has 3 rings (SSSR count). The lowest BCUT2D eigenvalue weighted by Gasteiger charge is -2.08. The molecule has 0 radical (unpaired) electrons. The number of furan rings is 1. The van der Waals surface area contributed by atoms with E-state index in [9.17, 15) is 24.5 Å². The number of amides is 3. The van der Waals surface area contributed by atoms with Crippen molar-refractivity contribution in [2.45, 2.75) is 0 Å². The van der Waals surface area contributed by atoms with E-state index in [0.29, 0.717) is 11.3 Å². The predicted octanol–water partition coefficient (Wildman–Crippen LogP) is 1.92. The summed E-state index contributed by atoms with van der Waals surface area (Å²) in [6, 6.07) is 8.23. The van der Waals surface area contributed by atoms with Gasteiger partial charge < -0.3 is 14.5 Å². The summed E-state index contributed by atoms with van der Waals surface area (Å²) < 4.78 is 10.0. The molecule has 0 unspecified atom stereocenters. The minimum atomic E-state index is -0.737. The van der Waals surface area contributed by atoms with Crippen molar-refractivity contribution in [3.8, 4) is 11.3 Å². The Bertz CT molecular complexity index is 959. The van der Waals surface area contributed by atoms with Gasteiger partial charge in [0.2, 0.25) is 0 Å². The van der Waals surface area contributed by atoms with Crippen molar-refractivity contribution >= 4 is 29.7 Å². The van der Waals surface area contributed by atoms with Crippen LogP contribution in [0.2, 0.25) is 0 Å². The zero-order chi connectivity index (χ0) is 19.6. The Morgan fingerprint density at radius 1 is 1.26 bits per heavy atom. The molecule has 0 bridgehead atoms. The van der Waals surface area contributed by atoms with Crippen molar-refractivity contribution < 1.29 is 28.5 Å². The Hall–Kier alpha value is -3.95. The topological polar surface area (TPSA) is 132 Å². The van der Waals surface area contributed by atoms with Crippen LogP contribution in [0.1, 0.15) is 5.76 Å². The van der Waals surface area contributed by atoms with Gasteiger partial charge in [0.25, 0.3) is 11.6 Å². The fraction of sp³-hybridized carbons (Fsp3) is 0.118. The van der Waals surface area contributed by atoms with Gasteiger partial charge in [-0.1, -0.05) is 0 Å². The maximum absolute atomic E-state index is 12.2. The van der Waals surface area contributed by atoms with Crippen molar-refractivity contribution in [1.82, 2.24) is 10.2 Å². The fourth-order valence-corrected chi connectivity index (χ4v) is 2.38. The Morgan fingerprint density at radius 3 is 2.59 bits per heavy atom. The standard InChI is InChI=1S/C17H13N3O7/c1-26-15(21)9-19-16(22)13(18-17(19)23)8-12-6-7-14(27-12)10-2-4-11(5-3-10)20(24)25/h2-8H,9H2,1H3,(H,18,23)/b13-8-. The number of carbonyl (C=O) groups is 3. The van der Waals surface area contributed by atoms with Crippen LogP contribution in [-0.2, 0) is 14.3 Å². The number of nitro groups is 1. The van der Waals surface area contributed by atoms with E-state index in [1.165, 1.54) is 30.3 Å². The summed E-state index contributed by atoms with van der Waals surface area (Å²) in [6.45, 7) is -0.495. The van der Waals surface area contributed by atoms with Gasteiger partial charge in [0.05, 0.1) is 12.0 Å². The molecule has 1 N–H and O–H groups in total. The number of ether oxygens (including phenoxy) is 1. The smallest absolute Gasteiger partial charge is 0.329 e. The minimum Gasteiger partial charge on any atom is -0.468 e. The Labute approximate surface area is 152 Å². The average Bonchev–Trinajstić information content (AvgIpc) is 3.22. The summed E-state index contributed by atoms with van der Waals surface area (Å²) in [5, 5.41) is 13.0. The van der Waals surface area contributed by atoms with E-state index < -0.39 is 29.4 Å². The highest BCUT2D eigenvalue weighted by molar-refractivity contribution is 6.15. The third-order valence-electron chi connectivity index (χ3n) is 3.75. The molecule has 0 aliphatic carbocycles. The second kappa shape index (κ2) is 7.12. The van der Waals surface area contributed by atoms with Crippen LogP contribution in [0.4, 0.5) is 10.5 Å². The van der Waals surface area contributed by atoms with Crippen molar-refractivity contribution in [3.63, 3.8) is 0 Å². The lowest BCUT2D eigenvalue weighted by molar-refractivity contribution is -0.384. The van der Waals surface area contributed by atoms with E-state index in [1.807, 2.05) is 0 Å².